The molecule has 0 bridgehead atoms. The SMILES string of the molecule is CC[C@H](N)C(=O)Nc1c(C)cc(Br)cc1C. The minimum Gasteiger partial charge on any atom is -0.324 e. The molecule has 4 heteroatoms. The molecule has 0 saturated carbocycles. The van der Waals surface area contributed by atoms with Gasteiger partial charge in [-0.05, 0) is 43.5 Å². The largest absolute Gasteiger partial charge is 0.324 e. The highest BCUT2D eigenvalue weighted by molar-refractivity contribution is 9.10. The lowest BCUT2D eigenvalue weighted by Gasteiger charge is -2.14. The van der Waals surface area contributed by atoms with Crippen LogP contribution in [0.4, 0.5) is 5.69 Å². The van der Waals surface area contributed by atoms with Crippen LogP contribution >= 0.6 is 15.9 Å². The van der Waals surface area contributed by atoms with Gasteiger partial charge in [0.15, 0.2) is 0 Å². The molecule has 1 rings (SSSR count). The minimum atomic E-state index is -0.442. The van der Waals surface area contributed by atoms with Gasteiger partial charge in [-0.25, -0.2) is 0 Å². The van der Waals surface area contributed by atoms with E-state index >= 15 is 0 Å². The summed E-state index contributed by atoms with van der Waals surface area (Å²) in [6.07, 6.45) is 0.639. The quantitative estimate of drug-likeness (QED) is 0.897. The average Bonchev–Trinajstić information content (AvgIpc) is 2.21. The molecule has 0 aromatic heterocycles. The number of halogens is 1. The third-order valence-electron chi connectivity index (χ3n) is 2.52. The first-order valence-corrected chi connectivity index (χ1v) is 6.08. The molecule has 3 nitrogen and oxygen atoms in total. The fraction of sp³-hybridized carbons (Fsp3) is 0.417. The number of amides is 1. The van der Waals surface area contributed by atoms with Crippen LogP contribution in [-0.2, 0) is 4.79 Å². The van der Waals surface area contributed by atoms with Crippen LogP contribution in [0, 0.1) is 13.8 Å². The second kappa shape index (κ2) is 5.46. The van der Waals surface area contributed by atoms with E-state index in [-0.39, 0.29) is 5.91 Å². The molecular formula is C12H17BrN2O. The summed E-state index contributed by atoms with van der Waals surface area (Å²) in [7, 11) is 0. The van der Waals surface area contributed by atoms with Crippen LogP contribution in [0.25, 0.3) is 0 Å². The van der Waals surface area contributed by atoms with Crippen molar-refractivity contribution in [2.24, 2.45) is 5.73 Å². The predicted molar refractivity (Wildman–Crippen MR) is 70.5 cm³/mol. The number of hydrogen-bond acceptors (Lipinski definition) is 2. The fourth-order valence-electron chi connectivity index (χ4n) is 1.51. The highest BCUT2D eigenvalue weighted by atomic mass is 79.9. The summed E-state index contributed by atoms with van der Waals surface area (Å²) in [5, 5.41) is 2.87. The monoisotopic (exact) mass is 284 g/mol. The van der Waals surface area contributed by atoms with E-state index < -0.39 is 6.04 Å². The zero-order valence-electron chi connectivity index (χ0n) is 9.80. The van der Waals surface area contributed by atoms with Gasteiger partial charge in [0.2, 0.25) is 5.91 Å². The minimum absolute atomic E-state index is 0.129. The van der Waals surface area contributed by atoms with Gasteiger partial charge in [0, 0.05) is 10.2 Å². The molecule has 1 aromatic carbocycles. The van der Waals surface area contributed by atoms with Crippen LogP contribution in [-0.4, -0.2) is 11.9 Å². The van der Waals surface area contributed by atoms with Crippen molar-refractivity contribution in [1.82, 2.24) is 0 Å². The molecule has 1 aromatic rings. The first-order valence-electron chi connectivity index (χ1n) is 5.29. The van der Waals surface area contributed by atoms with Gasteiger partial charge in [0.1, 0.15) is 0 Å². The molecule has 16 heavy (non-hydrogen) atoms. The number of nitrogens with one attached hydrogen (secondary N) is 1. The maximum absolute atomic E-state index is 11.7. The third kappa shape index (κ3) is 3.06. The summed E-state index contributed by atoms with van der Waals surface area (Å²) in [5.74, 6) is -0.129. The molecule has 1 atom stereocenters. The number of aryl methyl sites for hydroxylation is 2. The number of carbonyl (C=O) groups excluding carboxylic acids is 1. The molecule has 88 valence electrons. The van der Waals surface area contributed by atoms with Gasteiger partial charge in [-0.1, -0.05) is 22.9 Å². The Morgan fingerprint density at radius 1 is 1.44 bits per heavy atom. The highest BCUT2D eigenvalue weighted by Gasteiger charge is 2.13. The van der Waals surface area contributed by atoms with Gasteiger partial charge in [-0.2, -0.15) is 0 Å². The van der Waals surface area contributed by atoms with Crippen LogP contribution in [0.5, 0.6) is 0 Å². The number of carbonyl (C=O) groups is 1. The van der Waals surface area contributed by atoms with Crippen molar-refractivity contribution in [3.05, 3.63) is 27.7 Å². The Balaban J connectivity index is 2.93. The molecule has 3 N–H and O–H groups in total. The molecule has 1 amide bonds. The summed E-state index contributed by atoms with van der Waals surface area (Å²) in [6, 6.07) is 3.50. The van der Waals surface area contributed by atoms with Crippen LogP contribution < -0.4 is 11.1 Å². The second-order valence-electron chi connectivity index (χ2n) is 3.92. The fourth-order valence-corrected chi connectivity index (χ4v) is 2.20. The first-order chi connectivity index (χ1) is 7.45. The van der Waals surface area contributed by atoms with E-state index in [4.69, 9.17) is 5.73 Å². The van der Waals surface area contributed by atoms with E-state index in [9.17, 15) is 4.79 Å². The third-order valence-corrected chi connectivity index (χ3v) is 2.98. The molecule has 0 heterocycles. The van der Waals surface area contributed by atoms with Crippen molar-refractivity contribution >= 4 is 27.5 Å². The van der Waals surface area contributed by atoms with Crippen molar-refractivity contribution < 1.29 is 4.79 Å². The maximum Gasteiger partial charge on any atom is 0.241 e. The Kier molecular flexibility index (Phi) is 4.50. The maximum atomic E-state index is 11.7. The summed E-state index contributed by atoms with van der Waals surface area (Å²) >= 11 is 3.42. The van der Waals surface area contributed by atoms with Gasteiger partial charge in [0.05, 0.1) is 6.04 Å². The van der Waals surface area contributed by atoms with Crippen LogP contribution in [0.3, 0.4) is 0 Å². The number of hydrogen-bond donors (Lipinski definition) is 2. The Morgan fingerprint density at radius 3 is 2.38 bits per heavy atom. The average molecular weight is 285 g/mol. The molecule has 0 aliphatic carbocycles. The lowest BCUT2D eigenvalue weighted by molar-refractivity contribution is -0.117. The molecule has 0 spiro atoms. The Hall–Kier alpha value is -0.870. The normalized spacial score (nSPS) is 12.3. The van der Waals surface area contributed by atoms with Crippen LogP contribution in [0.2, 0.25) is 0 Å². The molecular weight excluding hydrogens is 268 g/mol. The Bertz CT molecular complexity index is 381. The molecule has 0 fully saturated rings. The molecule has 0 saturated heterocycles. The number of benzene rings is 1. The molecule has 0 aliphatic rings. The summed E-state index contributed by atoms with van der Waals surface area (Å²) in [4.78, 5) is 11.7. The topological polar surface area (TPSA) is 55.1 Å². The first kappa shape index (κ1) is 13.2. The van der Waals surface area contributed by atoms with Gasteiger partial charge in [-0.3, -0.25) is 4.79 Å². The Morgan fingerprint density at radius 2 is 1.94 bits per heavy atom. The van der Waals surface area contributed by atoms with Gasteiger partial charge in [0.25, 0.3) is 0 Å². The zero-order chi connectivity index (χ0) is 12.3. The second-order valence-corrected chi connectivity index (χ2v) is 4.83. The summed E-state index contributed by atoms with van der Waals surface area (Å²) in [5.41, 5.74) is 8.59. The number of rotatable bonds is 3. The Labute approximate surface area is 105 Å². The van der Waals surface area contributed by atoms with E-state index in [2.05, 4.69) is 21.2 Å². The van der Waals surface area contributed by atoms with Crippen LogP contribution in [0.1, 0.15) is 24.5 Å². The van der Waals surface area contributed by atoms with E-state index in [1.807, 2.05) is 32.9 Å². The van der Waals surface area contributed by atoms with E-state index in [0.29, 0.717) is 6.42 Å². The summed E-state index contributed by atoms with van der Waals surface area (Å²) in [6.45, 7) is 5.82. The van der Waals surface area contributed by atoms with Gasteiger partial charge in [-0.15, -0.1) is 0 Å². The zero-order valence-corrected chi connectivity index (χ0v) is 11.4. The van der Waals surface area contributed by atoms with Crippen molar-refractivity contribution in [2.75, 3.05) is 5.32 Å². The van der Waals surface area contributed by atoms with Crippen LogP contribution in [0.15, 0.2) is 16.6 Å². The number of nitrogens with two attached hydrogens (primary N) is 1. The van der Waals surface area contributed by atoms with Crippen molar-refractivity contribution in [1.29, 1.82) is 0 Å². The highest BCUT2D eigenvalue weighted by Crippen LogP contribution is 2.25. The van der Waals surface area contributed by atoms with Crippen molar-refractivity contribution in [2.45, 2.75) is 33.2 Å². The molecule has 0 unspecified atom stereocenters. The molecule has 0 aliphatic heterocycles. The van der Waals surface area contributed by atoms with Crippen molar-refractivity contribution in [3.63, 3.8) is 0 Å². The van der Waals surface area contributed by atoms with E-state index in [0.717, 1.165) is 21.3 Å². The lowest BCUT2D eigenvalue weighted by atomic mass is 10.1. The van der Waals surface area contributed by atoms with E-state index in [1.54, 1.807) is 0 Å². The predicted octanol–water partition coefficient (Wildman–Crippen LogP) is 2.74. The standard InChI is InChI=1S/C12H17BrN2O/c1-4-10(14)12(16)15-11-7(2)5-9(13)6-8(11)3/h5-6,10H,4,14H2,1-3H3,(H,15,16)/t10-/m0/s1. The van der Waals surface area contributed by atoms with Gasteiger partial charge < -0.3 is 11.1 Å². The smallest absolute Gasteiger partial charge is 0.241 e. The van der Waals surface area contributed by atoms with Crippen molar-refractivity contribution in [3.8, 4) is 0 Å². The number of anilines is 1. The van der Waals surface area contributed by atoms with E-state index in [1.165, 1.54) is 0 Å². The lowest BCUT2D eigenvalue weighted by Crippen LogP contribution is -2.35. The molecule has 0 radical (unpaired) electrons. The summed E-state index contributed by atoms with van der Waals surface area (Å²) < 4.78 is 1.01. The van der Waals surface area contributed by atoms with Gasteiger partial charge >= 0.3 is 0 Å².